The van der Waals surface area contributed by atoms with Crippen LogP contribution in [0.5, 0.6) is 0 Å². The van der Waals surface area contributed by atoms with E-state index in [1.165, 1.54) is 11.1 Å². The molecule has 3 N–H and O–H groups in total. The molecule has 0 heterocycles. The predicted octanol–water partition coefficient (Wildman–Crippen LogP) is 2.15. The number of hydrogen-bond acceptors (Lipinski definition) is 2. The van der Waals surface area contributed by atoms with Gasteiger partial charge in [-0.25, -0.2) is 10.2 Å². The van der Waals surface area contributed by atoms with Crippen LogP contribution in [0.1, 0.15) is 36.8 Å². The highest BCUT2D eigenvalue weighted by atomic mass is 16.2. The lowest BCUT2D eigenvalue weighted by Gasteiger charge is -2.25. The topological polar surface area (TPSA) is 67.5 Å². The zero-order chi connectivity index (χ0) is 12.3. The Morgan fingerprint density at radius 2 is 2.24 bits per heavy atom. The SMILES string of the molecule is C/C(=N/NC(N)=O)[C@@H]1CCCc2ccccc21. The van der Waals surface area contributed by atoms with Crippen molar-refractivity contribution in [3.63, 3.8) is 0 Å². The van der Waals surface area contributed by atoms with Crippen molar-refractivity contribution in [2.75, 3.05) is 0 Å². The molecule has 17 heavy (non-hydrogen) atoms. The number of nitrogens with zero attached hydrogens (tertiary/aromatic N) is 1. The van der Waals surface area contributed by atoms with Crippen LogP contribution in [0.25, 0.3) is 0 Å². The smallest absolute Gasteiger partial charge is 0.332 e. The van der Waals surface area contributed by atoms with E-state index in [4.69, 9.17) is 5.73 Å². The lowest BCUT2D eigenvalue weighted by atomic mass is 9.80. The Kier molecular flexibility index (Phi) is 3.42. The van der Waals surface area contributed by atoms with Crippen LogP contribution in [-0.2, 0) is 6.42 Å². The first-order chi connectivity index (χ1) is 8.18. The third-order valence-electron chi connectivity index (χ3n) is 3.22. The molecule has 0 spiro atoms. The standard InChI is InChI=1S/C13H17N3O/c1-9(15-16-13(14)17)11-8-4-6-10-5-2-3-7-12(10)11/h2-3,5,7,11H,4,6,8H2,1H3,(H3,14,16,17)/b15-9-/t11-/m0/s1. The van der Waals surface area contributed by atoms with E-state index >= 15 is 0 Å². The van der Waals surface area contributed by atoms with Gasteiger partial charge >= 0.3 is 6.03 Å². The summed E-state index contributed by atoms with van der Waals surface area (Å²) in [4.78, 5) is 10.6. The molecule has 0 unspecified atom stereocenters. The van der Waals surface area contributed by atoms with Gasteiger partial charge in [0.15, 0.2) is 0 Å². The Balaban J connectivity index is 2.23. The molecule has 1 aliphatic rings. The van der Waals surface area contributed by atoms with Crippen LogP contribution in [0.4, 0.5) is 4.79 Å². The van der Waals surface area contributed by atoms with Crippen molar-refractivity contribution in [2.24, 2.45) is 10.8 Å². The number of primary amides is 1. The van der Waals surface area contributed by atoms with E-state index in [1.807, 2.05) is 13.0 Å². The normalized spacial score (nSPS) is 19.6. The minimum absolute atomic E-state index is 0.298. The Morgan fingerprint density at radius 1 is 1.47 bits per heavy atom. The van der Waals surface area contributed by atoms with Crippen molar-refractivity contribution in [2.45, 2.75) is 32.1 Å². The number of aryl methyl sites for hydroxylation is 1. The van der Waals surface area contributed by atoms with Crippen molar-refractivity contribution in [3.8, 4) is 0 Å². The fraction of sp³-hybridized carbons (Fsp3) is 0.385. The molecule has 4 nitrogen and oxygen atoms in total. The molecule has 4 heteroatoms. The van der Waals surface area contributed by atoms with E-state index in [1.54, 1.807) is 0 Å². The molecule has 90 valence electrons. The number of nitrogens with one attached hydrogen (secondary N) is 1. The molecule has 1 atom stereocenters. The predicted molar refractivity (Wildman–Crippen MR) is 67.9 cm³/mol. The Morgan fingerprint density at radius 3 is 3.00 bits per heavy atom. The van der Waals surface area contributed by atoms with Gasteiger partial charge in [0, 0.05) is 11.6 Å². The number of benzene rings is 1. The quantitative estimate of drug-likeness (QED) is 0.594. The minimum Gasteiger partial charge on any atom is -0.350 e. The Labute approximate surface area is 101 Å². The number of rotatable bonds is 2. The van der Waals surface area contributed by atoms with E-state index in [-0.39, 0.29) is 0 Å². The number of amides is 2. The first kappa shape index (κ1) is 11.6. The van der Waals surface area contributed by atoms with Crippen LogP contribution < -0.4 is 11.2 Å². The monoisotopic (exact) mass is 231 g/mol. The van der Waals surface area contributed by atoms with Gasteiger partial charge in [-0.3, -0.25) is 0 Å². The van der Waals surface area contributed by atoms with Crippen LogP contribution in [-0.4, -0.2) is 11.7 Å². The fourth-order valence-electron chi connectivity index (χ4n) is 2.41. The number of urea groups is 1. The van der Waals surface area contributed by atoms with Crippen LogP contribution in [0.2, 0.25) is 0 Å². The molecule has 0 aromatic heterocycles. The average Bonchev–Trinajstić information content (AvgIpc) is 2.35. The largest absolute Gasteiger partial charge is 0.350 e. The van der Waals surface area contributed by atoms with Gasteiger partial charge in [-0.05, 0) is 37.3 Å². The van der Waals surface area contributed by atoms with E-state index < -0.39 is 6.03 Å². The van der Waals surface area contributed by atoms with Crippen LogP contribution in [0, 0.1) is 0 Å². The number of hydrazone groups is 1. The van der Waals surface area contributed by atoms with Gasteiger partial charge in [0.05, 0.1) is 0 Å². The molecule has 0 aliphatic heterocycles. The molecule has 2 rings (SSSR count). The molecule has 1 aromatic carbocycles. The molecule has 0 radical (unpaired) electrons. The number of carbonyl (C=O) groups is 1. The maximum atomic E-state index is 10.6. The summed E-state index contributed by atoms with van der Waals surface area (Å²) in [6.45, 7) is 1.93. The maximum Gasteiger partial charge on any atom is 0.332 e. The fourth-order valence-corrected chi connectivity index (χ4v) is 2.41. The van der Waals surface area contributed by atoms with Gasteiger partial charge < -0.3 is 5.73 Å². The summed E-state index contributed by atoms with van der Waals surface area (Å²) in [6, 6.07) is 7.80. The van der Waals surface area contributed by atoms with E-state index in [2.05, 4.69) is 28.7 Å². The molecule has 2 amide bonds. The summed E-state index contributed by atoms with van der Waals surface area (Å²) in [5.41, 5.74) is 10.9. The molecule has 1 aliphatic carbocycles. The average molecular weight is 231 g/mol. The van der Waals surface area contributed by atoms with Crippen LogP contribution in [0.3, 0.4) is 0 Å². The molecule has 0 saturated carbocycles. The van der Waals surface area contributed by atoms with Crippen molar-refractivity contribution < 1.29 is 4.79 Å². The van der Waals surface area contributed by atoms with Gasteiger partial charge in [0.2, 0.25) is 0 Å². The van der Waals surface area contributed by atoms with Gasteiger partial charge in [0.1, 0.15) is 0 Å². The third kappa shape index (κ3) is 2.64. The van der Waals surface area contributed by atoms with E-state index in [0.717, 1.165) is 25.0 Å². The summed E-state index contributed by atoms with van der Waals surface area (Å²) >= 11 is 0. The van der Waals surface area contributed by atoms with Crippen molar-refractivity contribution in [1.29, 1.82) is 0 Å². The Bertz CT molecular complexity index is 454. The number of nitrogens with two attached hydrogens (primary N) is 1. The third-order valence-corrected chi connectivity index (χ3v) is 3.22. The van der Waals surface area contributed by atoms with E-state index in [9.17, 15) is 4.79 Å². The first-order valence-corrected chi connectivity index (χ1v) is 5.86. The second-order valence-electron chi connectivity index (χ2n) is 4.37. The molecular formula is C13H17N3O. The molecular weight excluding hydrogens is 214 g/mol. The summed E-state index contributed by atoms with van der Waals surface area (Å²) in [6.07, 6.45) is 3.36. The van der Waals surface area contributed by atoms with Gasteiger partial charge in [-0.1, -0.05) is 24.3 Å². The molecule has 1 aromatic rings. The lowest BCUT2D eigenvalue weighted by molar-refractivity contribution is 0.249. The van der Waals surface area contributed by atoms with Crippen molar-refractivity contribution in [3.05, 3.63) is 35.4 Å². The van der Waals surface area contributed by atoms with Gasteiger partial charge in [-0.15, -0.1) is 0 Å². The van der Waals surface area contributed by atoms with Gasteiger partial charge in [0.25, 0.3) is 0 Å². The van der Waals surface area contributed by atoms with Crippen molar-refractivity contribution in [1.82, 2.24) is 5.43 Å². The second kappa shape index (κ2) is 4.99. The lowest BCUT2D eigenvalue weighted by Crippen LogP contribution is -2.27. The van der Waals surface area contributed by atoms with Crippen molar-refractivity contribution >= 4 is 11.7 Å². The summed E-state index contributed by atoms with van der Waals surface area (Å²) in [7, 11) is 0. The molecule has 0 bridgehead atoms. The minimum atomic E-state index is -0.617. The molecule has 0 saturated heterocycles. The second-order valence-corrected chi connectivity index (χ2v) is 4.37. The maximum absolute atomic E-state index is 10.6. The first-order valence-electron chi connectivity index (χ1n) is 5.86. The highest BCUT2D eigenvalue weighted by Gasteiger charge is 2.22. The summed E-state index contributed by atoms with van der Waals surface area (Å²) in [5.74, 6) is 0.298. The van der Waals surface area contributed by atoms with Crippen LogP contribution >= 0.6 is 0 Å². The summed E-state index contributed by atoms with van der Waals surface area (Å²) in [5, 5.41) is 4.04. The van der Waals surface area contributed by atoms with E-state index in [0.29, 0.717) is 5.92 Å². The molecule has 0 fully saturated rings. The van der Waals surface area contributed by atoms with Crippen LogP contribution in [0.15, 0.2) is 29.4 Å². The number of carbonyl (C=O) groups excluding carboxylic acids is 1. The van der Waals surface area contributed by atoms with Gasteiger partial charge in [-0.2, -0.15) is 5.10 Å². The summed E-state index contributed by atoms with van der Waals surface area (Å²) < 4.78 is 0. The zero-order valence-corrected chi connectivity index (χ0v) is 9.94. The number of fused-ring (bicyclic) bond motifs is 1. The highest BCUT2D eigenvalue weighted by molar-refractivity contribution is 5.90. The number of hydrogen-bond donors (Lipinski definition) is 2. The Hall–Kier alpha value is -1.84. The highest BCUT2D eigenvalue weighted by Crippen LogP contribution is 2.32. The zero-order valence-electron chi connectivity index (χ0n) is 9.94.